The minimum absolute atomic E-state index is 0. The van der Waals surface area contributed by atoms with Crippen LogP contribution in [0.5, 0.6) is 11.5 Å². The number of hydrogen-bond acceptors (Lipinski definition) is 31. The Labute approximate surface area is 870 Å². The van der Waals surface area contributed by atoms with Crippen molar-refractivity contribution >= 4 is 239 Å². The van der Waals surface area contributed by atoms with E-state index in [0.29, 0.717) is 67.9 Å². The Kier molecular flexibility index (Phi) is 58.2. The molecule has 0 fully saturated rings. The number of aliphatic carboxylic acids is 1. The fourth-order valence-electron chi connectivity index (χ4n) is 9.38. The molecule has 131 heavy (non-hydrogen) atoms. The number of halogens is 5. The van der Waals surface area contributed by atoms with Crippen molar-refractivity contribution in [3.63, 3.8) is 0 Å². The molecule has 662 valence electrons. The van der Waals surface area contributed by atoms with Crippen LogP contribution in [0.25, 0.3) is 79.0 Å². The molecule has 11 aromatic heterocycles. The van der Waals surface area contributed by atoms with Crippen molar-refractivity contribution in [2.24, 2.45) is 10.8 Å². The smallest absolute Gasteiger partial charge is 0.545 e. The molecular weight excluding hydrogens is 2020 g/mol. The van der Waals surface area contributed by atoms with Gasteiger partial charge in [-0.25, -0.2) is 4.98 Å². The molecule has 50 heteroatoms. The molecule has 33 nitrogen and oxygen atoms in total. The predicted molar refractivity (Wildman–Crippen MR) is 513 cm³/mol. The van der Waals surface area contributed by atoms with Crippen LogP contribution in [0.1, 0.15) is 79.3 Å². The number of azide groups is 1. The number of pyridine rings is 3. The van der Waals surface area contributed by atoms with E-state index >= 15 is 0 Å². The van der Waals surface area contributed by atoms with Gasteiger partial charge in [-0.3, -0.25) is 37.8 Å². The van der Waals surface area contributed by atoms with Crippen LogP contribution in [0.4, 0.5) is 5.82 Å². The number of allylic oxidation sites excluding steroid dienone is 5. The zero-order chi connectivity index (χ0) is 96.2. The number of thiophene rings is 8. The summed E-state index contributed by atoms with van der Waals surface area (Å²) in [6.45, 7) is 7.24. The van der Waals surface area contributed by atoms with Crippen LogP contribution in [0.3, 0.4) is 0 Å². The quantitative estimate of drug-likeness (QED) is 0.00482. The second-order valence-corrected chi connectivity index (χ2v) is 40.2. The molecule has 2 aromatic carbocycles. The summed E-state index contributed by atoms with van der Waals surface area (Å²) in [5, 5.41) is 96.4. The number of anilines is 1. The molecule has 13 aromatic rings. The van der Waals surface area contributed by atoms with E-state index in [4.69, 9.17) is 109 Å². The number of nitriles is 8. The number of nitrogens with zero attached hydrogens (tertiary/aromatic N) is 15. The van der Waals surface area contributed by atoms with Crippen molar-refractivity contribution in [1.29, 1.82) is 42.1 Å². The topological polar surface area (TPSA) is 611 Å². The molecule has 1 atom stereocenters. The number of aryl methyl sites for hydroxylation is 3. The first-order valence-electron chi connectivity index (χ1n) is 34.8. The van der Waals surface area contributed by atoms with E-state index in [1.54, 1.807) is 125 Å². The Morgan fingerprint density at radius 3 is 1.51 bits per heavy atom. The van der Waals surface area contributed by atoms with Crippen LogP contribution < -0.4 is 123 Å². The molecule has 1 amide bonds. The second kappa shape index (κ2) is 64.4. The van der Waals surface area contributed by atoms with Crippen LogP contribution in [0.2, 0.25) is 0 Å². The Bertz CT molecular complexity index is 6740. The number of ether oxygens (including phenoxy) is 2. The van der Waals surface area contributed by atoms with Crippen molar-refractivity contribution in [3.8, 4) is 60.1 Å². The average molecular weight is 2090 g/mol. The van der Waals surface area contributed by atoms with Crippen molar-refractivity contribution in [3.05, 3.63) is 311 Å². The first kappa shape index (κ1) is 119. The Hall–Kier alpha value is -10.5. The van der Waals surface area contributed by atoms with E-state index in [1.807, 2.05) is 123 Å². The number of alkyl halides is 1. The minimum atomic E-state index is -4.67. The van der Waals surface area contributed by atoms with Crippen LogP contribution in [0.15, 0.2) is 206 Å². The Morgan fingerprint density at radius 2 is 1.09 bits per heavy atom. The van der Waals surface area contributed by atoms with Gasteiger partial charge in [0.25, 0.3) is 11.1 Å². The summed E-state index contributed by atoms with van der Waals surface area (Å²) >= 11 is 36.8. The normalized spacial score (nSPS) is 10.9. The van der Waals surface area contributed by atoms with Gasteiger partial charge in [-0.1, -0.05) is 60.1 Å². The van der Waals surface area contributed by atoms with Crippen molar-refractivity contribution in [1.82, 2.24) is 20.3 Å². The molecule has 14 rings (SSSR count). The molecule has 12 heterocycles. The summed E-state index contributed by atoms with van der Waals surface area (Å²) in [5.74, 6) is 0.417. The van der Waals surface area contributed by atoms with Gasteiger partial charge in [0, 0.05) is 101 Å². The third-order valence-corrected chi connectivity index (χ3v) is 22.9. The van der Waals surface area contributed by atoms with E-state index in [9.17, 15) is 38.9 Å². The fraction of sp³-hybridized carbons (Fsp3) is 0.111. The molecule has 0 radical (unpaired) electrons. The molecule has 0 saturated heterocycles. The number of benzene rings is 2. The van der Waals surface area contributed by atoms with Gasteiger partial charge >= 0.3 is 96.5 Å². The van der Waals surface area contributed by atoms with Gasteiger partial charge in [-0.2, -0.15) is 50.5 Å². The maximum atomic E-state index is 11.3. The number of carbonyl (C=O) groups excluding carboxylic acids is 3. The minimum Gasteiger partial charge on any atom is -0.545 e. The molecule has 0 spiro atoms. The summed E-state index contributed by atoms with van der Waals surface area (Å²) in [7, 11) is -1.36. The van der Waals surface area contributed by atoms with Crippen LogP contribution >= 0.6 is 153 Å². The van der Waals surface area contributed by atoms with Crippen LogP contribution in [-0.4, -0.2) is 63.8 Å². The Morgan fingerprint density at radius 1 is 0.649 bits per heavy atom. The maximum absolute atomic E-state index is 11.3. The molecular formula is C81H64Cl5KN20NaO13PS9. The van der Waals surface area contributed by atoms with Gasteiger partial charge in [-0.05, 0) is 194 Å². The Balaban J connectivity index is 0.00000145. The maximum Gasteiger partial charge on any atom is 1.00 e. The number of aromatic nitrogens is 3. The van der Waals surface area contributed by atoms with Crippen molar-refractivity contribution < 1.29 is 133 Å². The van der Waals surface area contributed by atoms with Gasteiger partial charge in [-0.15, -0.1) is 90.7 Å². The SMILES string of the molecule is COc1ccc(CN)cc1.COc1ccc(CNc2ncc(C#N)c3sc(C)cc23)cc1.Cc1cc2c(=O)[nH]cc(C#N)c2s1.Cc1cc2c(s1)C(C#N)=CNC2Cl.N#C/C(=C\C(=O)Cl)c1cccs1.N#C/C(=C\C(=O)N=[N+]=[N-])c1cccs1.N#C/C(=C\C(=O)[O-])c1cccs1.N#CCc1cccs1.N#Cc1c[nH]c(=O)c2ccsc12.O=P(Cl)(Cl)Cl.O=S(=O)(O)O.[2HH].[K+].[N-]=[N+]=[N-].[Na+]. The summed E-state index contributed by atoms with van der Waals surface area (Å²) in [4.78, 5) is 74.8. The second-order valence-electron chi connectivity index (χ2n) is 23.3. The molecule has 0 bridgehead atoms. The number of H-pyrrole nitrogens is 2. The van der Waals surface area contributed by atoms with Gasteiger partial charge in [0.1, 0.15) is 65.3 Å². The van der Waals surface area contributed by atoms with Gasteiger partial charge < -0.3 is 56.8 Å². The van der Waals surface area contributed by atoms with Gasteiger partial charge in [0.05, 0.1) is 101 Å². The number of carbonyl (C=O) groups is 3. The van der Waals surface area contributed by atoms with E-state index in [1.165, 1.54) is 83.7 Å². The van der Waals surface area contributed by atoms with E-state index in [-0.39, 0.29) is 110 Å². The molecule has 8 N–H and O–H groups in total. The van der Waals surface area contributed by atoms with Gasteiger partial charge in [0.2, 0.25) is 11.1 Å². The number of hydrogen-bond donors (Lipinski definition) is 7. The summed E-state index contributed by atoms with van der Waals surface area (Å²) < 4.78 is 53.8. The zero-order valence-electron chi connectivity index (χ0n) is 68.9. The molecule has 1 unspecified atom stereocenters. The summed E-state index contributed by atoms with van der Waals surface area (Å²) in [5.41, 5.74) is 32.7. The molecule has 1 aliphatic heterocycles. The number of methoxy groups -OCH3 is 2. The number of nitrogens with two attached hydrogens (primary N) is 1. The number of amides is 1. The zero-order valence-corrected chi connectivity index (χ0v) is 86.0. The van der Waals surface area contributed by atoms with E-state index in [0.717, 1.165) is 91.2 Å². The monoisotopic (exact) mass is 2080 g/mol. The van der Waals surface area contributed by atoms with Crippen LogP contribution in [-0.2, 0) is 48.9 Å². The first-order chi connectivity index (χ1) is 61.4. The molecule has 1 aliphatic rings. The number of carboxylic acid groups (broad SMARTS) is 1. The number of aromatic amines is 2. The number of carboxylic acids is 1. The van der Waals surface area contributed by atoms with Crippen molar-refractivity contribution in [2.45, 2.75) is 45.8 Å². The van der Waals surface area contributed by atoms with E-state index in [2.05, 4.69) is 99.7 Å². The standard InChI is InChI=1S/C17H15N3OS.C9H7ClN2S.C9H6N2OS.C8H4ClNOS.C8H4N4OS.C8H4N2OS.C8H5NO2S.C8H11NO.C6H5NS.Cl3OP.K.N3.Na.H2O4S.H2/c1-11-7-15-16(22-11)13(8-18)10-20-17(15)19-9-12-3-5-14(21-2)6-4-12;1-5-2-7-8(13-5)6(3-11)4-12-9(7)10;1-5-2-7-8(13-5)6(3-10)4-11-9(7)12;9-8(11)4-6(5-10)7-2-1-3-12-7;9-5-6(4-8(13)11-12-10)7-2-1-3-14-7;9-3-5-4-10-8(11)6-1-2-12-7(5)6;9-5-6(4-8(10)11)7-2-1-3-12-7;1-10-8-4-2-7(6-9)3-5-8;7-4-3-6-2-1-5-8-6;1-5(2,3)4;;1-3-2;;1-5(2,3)4;/h3-7,10H,9H2,1-2H3,(H,19,20);2,4,9,12H,1H3;2,4H,1H3,(H,11,12);1-4H;1-4H;1-2,4H,(H,10,11);1-4H,(H,10,11);2-5H,6,9H2,1H3;1-2,5H,3H2;;;;;(H2,1,2,3,4);1H/q;;;;;;;;;;+1;-1;+1;;/p-1/b;;;2*6-4+;;6-4+;;;;;;;;/i;;;;;;;;;;;;;;1+1. The number of rotatable bonds is 13. The third-order valence-electron chi connectivity index (χ3n) is 14.6. The first-order valence-corrected chi connectivity index (χ1v) is 48.3. The summed E-state index contributed by atoms with van der Waals surface area (Å²) in [6, 6.07) is 53.7. The summed E-state index contributed by atoms with van der Waals surface area (Å²) in [6.07, 6.45) is 9.70. The van der Waals surface area contributed by atoms with E-state index < -0.39 is 32.7 Å². The van der Waals surface area contributed by atoms with Crippen LogP contribution in [0, 0.1) is 111 Å². The number of nitrogens with one attached hydrogen (secondary N) is 4. The molecule has 0 aliphatic carbocycles. The molecule has 0 saturated carbocycles. The number of fused-ring (bicyclic) bond motifs is 4. The fourth-order valence-corrected chi connectivity index (χ4v) is 16.3. The van der Waals surface area contributed by atoms with Crippen molar-refractivity contribution in [2.75, 3.05) is 19.5 Å². The third kappa shape index (κ3) is 45.5. The largest absolute Gasteiger partial charge is 1.00 e. The van der Waals surface area contributed by atoms with Gasteiger partial charge in [0.15, 0.2) is 0 Å². The average Bonchev–Trinajstić information content (AvgIpc) is 1.65. The predicted octanol–water partition coefficient (Wildman–Crippen LogP) is 15.7.